The van der Waals surface area contributed by atoms with Gasteiger partial charge in [0.15, 0.2) is 5.16 Å². The molecule has 2 aromatic carbocycles. The summed E-state index contributed by atoms with van der Waals surface area (Å²) < 4.78 is 0. The van der Waals surface area contributed by atoms with Crippen molar-refractivity contribution in [3.05, 3.63) is 59.7 Å². The Morgan fingerprint density at radius 1 is 1.06 bits per heavy atom. The monoisotopic (exact) mass is 479 g/mol. The van der Waals surface area contributed by atoms with Crippen LogP contribution in [0.3, 0.4) is 0 Å². The minimum absolute atomic E-state index is 0.147. The summed E-state index contributed by atoms with van der Waals surface area (Å²) in [5.74, 6) is 0.0886. The van der Waals surface area contributed by atoms with Crippen LogP contribution in [0.1, 0.15) is 48.5 Å². The zero-order chi connectivity index (χ0) is 23.9. The molecule has 9 heteroatoms. The van der Waals surface area contributed by atoms with Crippen LogP contribution in [0.2, 0.25) is 0 Å². The van der Waals surface area contributed by atoms with Crippen LogP contribution in [-0.4, -0.2) is 45.7 Å². The maximum atomic E-state index is 12.4. The maximum absolute atomic E-state index is 12.4. The molecular weight excluding hydrogens is 450 g/mol. The first-order chi connectivity index (χ1) is 16.5. The number of H-pyrrole nitrogens is 1. The second-order valence-electron chi connectivity index (χ2n) is 8.39. The van der Waals surface area contributed by atoms with Gasteiger partial charge in [-0.15, -0.1) is 0 Å². The molecule has 1 aromatic heterocycles. The molecule has 3 aromatic rings. The molecule has 1 aliphatic heterocycles. The molecule has 3 N–H and O–H groups in total. The van der Waals surface area contributed by atoms with Crippen molar-refractivity contribution < 1.29 is 14.4 Å². The van der Waals surface area contributed by atoms with Crippen molar-refractivity contribution in [1.82, 2.24) is 25.7 Å². The number of likely N-dealkylation sites (tertiary alicyclic amines) is 1. The van der Waals surface area contributed by atoms with Gasteiger partial charge in [0.05, 0.1) is 11.0 Å². The fourth-order valence-electron chi connectivity index (χ4n) is 3.96. The number of nitrogens with zero attached hydrogens (tertiary/aromatic N) is 2. The zero-order valence-electron chi connectivity index (χ0n) is 19.2. The summed E-state index contributed by atoms with van der Waals surface area (Å²) in [4.78, 5) is 46.5. The number of aromatic amines is 1. The number of benzene rings is 2. The smallest absolute Gasteiger partial charge is 0.269 e. The van der Waals surface area contributed by atoms with E-state index in [0.717, 1.165) is 33.9 Å². The Bertz CT molecular complexity index is 1120. The number of fused-ring (bicyclic) bond motifs is 1. The Hall–Kier alpha value is -3.33. The number of rotatable bonds is 7. The van der Waals surface area contributed by atoms with E-state index in [9.17, 15) is 14.4 Å². The fourth-order valence-corrected chi connectivity index (χ4v) is 4.80. The molecule has 1 saturated heterocycles. The highest BCUT2D eigenvalue weighted by Crippen LogP contribution is 2.23. The SMILES string of the molecule is CCCC(=O)N1CCC(C(=O)NNC(=O)c2ccc(CSc3nc4ccccc4[nH]3)cc2)CC1. The molecule has 0 saturated carbocycles. The van der Waals surface area contributed by atoms with Gasteiger partial charge >= 0.3 is 0 Å². The van der Waals surface area contributed by atoms with Crippen molar-refractivity contribution in [3.8, 4) is 0 Å². The van der Waals surface area contributed by atoms with Gasteiger partial charge in [0, 0.05) is 36.7 Å². The Kier molecular flexibility index (Phi) is 7.84. The van der Waals surface area contributed by atoms with Gasteiger partial charge in [-0.1, -0.05) is 43.0 Å². The van der Waals surface area contributed by atoms with Crippen molar-refractivity contribution in [2.24, 2.45) is 5.92 Å². The average Bonchev–Trinajstić information content (AvgIpc) is 3.29. The third-order valence-corrected chi connectivity index (χ3v) is 6.89. The lowest BCUT2D eigenvalue weighted by molar-refractivity contribution is -0.135. The molecule has 0 spiro atoms. The number of imidazole rings is 1. The van der Waals surface area contributed by atoms with Crippen LogP contribution in [0.25, 0.3) is 11.0 Å². The lowest BCUT2D eigenvalue weighted by Crippen LogP contribution is -2.48. The summed E-state index contributed by atoms with van der Waals surface area (Å²) in [6, 6.07) is 15.2. The van der Waals surface area contributed by atoms with Crippen LogP contribution in [0.15, 0.2) is 53.7 Å². The molecule has 4 rings (SSSR count). The van der Waals surface area contributed by atoms with Crippen LogP contribution in [0, 0.1) is 5.92 Å². The Labute approximate surface area is 202 Å². The number of thioether (sulfide) groups is 1. The van der Waals surface area contributed by atoms with Crippen molar-refractivity contribution in [3.63, 3.8) is 0 Å². The molecular formula is C25H29N5O3S. The molecule has 0 radical (unpaired) electrons. The molecule has 1 fully saturated rings. The molecule has 0 atom stereocenters. The number of nitrogens with one attached hydrogen (secondary N) is 3. The van der Waals surface area contributed by atoms with Gasteiger partial charge in [-0.05, 0) is 49.1 Å². The van der Waals surface area contributed by atoms with Crippen LogP contribution in [0.4, 0.5) is 0 Å². The van der Waals surface area contributed by atoms with E-state index in [1.165, 1.54) is 0 Å². The van der Waals surface area contributed by atoms with Crippen molar-refractivity contribution >= 4 is 40.5 Å². The highest BCUT2D eigenvalue weighted by Gasteiger charge is 2.27. The number of para-hydroxylation sites is 2. The molecule has 2 heterocycles. The first kappa shape index (κ1) is 23.8. The lowest BCUT2D eigenvalue weighted by Gasteiger charge is -2.31. The Morgan fingerprint density at radius 3 is 2.50 bits per heavy atom. The fraction of sp³-hybridized carbons (Fsp3) is 0.360. The van der Waals surface area contributed by atoms with Gasteiger partial charge < -0.3 is 9.88 Å². The largest absolute Gasteiger partial charge is 0.343 e. The third-order valence-electron chi connectivity index (χ3n) is 5.94. The summed E-state index contributed by atoms with van der Waals surface area (Å²) in [5.41, 5.74) is 8.52. The number of carbonyl (C=O) groups excluding carboxylic acids is 3. The number of amides is 3. The van der Waals surface area contributed by atoms with Gasteiger partial charge in [-0.25, -0.2) is 4.98 Å². The summed E-state index contributed by atoms with van der Waals surface area (Å²) in [6.07, 6.45) is 2.58. The summed E-state index contributed by atoms with van der Waals surface area (Å²) in [7, 11) is 0. The summed E-state index contributed by atoms with van der Waals surface area (Å²) >= 11 is 1.60. The van der Waals surface area contributed by atoms with E-state index in [-0.39, 0.29) is 23.6 Å². The topological polar surface area (TPSA) is 107 Å². The number of hydrogen-bond acceptors (Lipinski definition) is 5. The number of piperidine rings is 1. The second kappa shape index (κ2) is 11.2. The first-order valence-corrected chi connectivity index (χ1v) is 12.6. The Morgan fingerprint density at radius 2 is 1.79 bits per heavy atom. The number of hydrogen-bond donors (Lipinski definition) is 3. The normalized spacial score (nSPS) is 14.2. The van der Waals surface area contributed by atoms with Crippen LogP contribution in [0.5, 0.6) is 0 Å². The molecule has 34 heavy (non-hydrogen) atoms. The molecule has 0 aliphatic carbocycles. The van der Waals surface area contributed by atoms with E-state index in [4.69, 9.17) is 0 Å². The van der Waals surface area contributed by atoms with Crippen molar-refractivity contribution in [1.29, 1.82) is 0 Å². The first-order valence-electron chi connectivity index (χ1n) is 11.6. The highest BCUT2D eigenvalue weighted by molar-refractivity contribution is 7.98. The van der Waals surface area contributed by atoms with Gasteiger partial charge in [0.25, 0.3) is 5.91 Å². The minimum atomic E-state index is -0.361. The lowest BCUT2D eigenvalue weighted by atomic mass is 9.96. The van der Waals surface area contributed by atoms with Crippen LogP contribution >= 0.6 is 11.8 Å². The molecule has 3 amide bonds. The van der Waals surface area contributed by atoms with Crippen LogP contribution in [-0.2, 0) is 15.3 Å². The highest BCUT2D eigenvalue weighted by atomic mass is 32.2. The molecule has 178 valence electrons. The van der Waals surface area contributed by atoms with Gasteiger partial charge in [-0.3, -0.25) is 25.2 Å². The van der Waals surface area contributed by atoms with E-state index >= 15 is 0 Å². The van der Waals surface area contributed by atoms with E-state index in [2.05, 4.69) is 20.8 Å². The quantitative estimate of drug-likeness (QED) is 0.354. The standard InChI is InChI=1S/C25H29N5O3S/c1-2-5-22(31)30-14-12-19(13-15-30)24(33)29-28-23(32)18-10-8-17(9-11-18)16-34-25-26-20-6-3-4-7-21(20)27-25/h3-4,6-11,19H,2,5,12-16H2,1H3,(H,26,27)(H,28,32)(H,29,33). The average molecular weight is 480 g/mol. The van der Waals surface area contributed by atoms with E-state index < -0.39 is 0 Å². The number of aromatic nitrogens is 2. The van der Waals surface area contributed by atoms with Gasteiger partial charge in [0.2, 0.25) is 11.8 Å². The molecule has 0 unspecified atom stereocenters. The van der Waals surface area contributed by atoms with Crippen molar-refractivity contribution in [2.45, 2.75) is 43.5 Å². The molecule has 1 aliphatic rings. The number of carbonyl (C=O) groups is 3. The predicted octanol–water partition coefficient (Wildman–Crippen LogP) is 3.65. The van der Waals surface area contributed by atoms with Gasteiger partial charge in [-0.2, -0.15) is 0 Å². The van der Waals surface area contributed by atoms with E-state index in [0.29, 0.717) is 37.9 Å². The third kappa shape index (κ3) is 5.96. The minimum Gasteiger partial charge on any atom is -0.343 e. The summed E-state index contributed by atoms with van der Waals surface area (Å²) in [6.45, 7) is 3.15. The number of hydrazine groups is 1. The predicted molar refractivity (Wildman–Crippen MR) is 132 cm³/mol. The summed E-state index contributed by atoms with van der Waals surface area (Å²) in [5, 5.41) is 0.853. The Balaban J connectivity index is 1.21. The molecule has 0 bridgehead atoms. The zero-order valence-corrected chi connectivity index (χ0v) is 20.0. The van der Waals surface area contributed by atoms with Crippen molar-refractivity contribution in [2.75, 3.05) is 13.1 Å². The maximum Gasteiger partial charge on any atom is 0.269 e. The van der Waals surface area contributed by atoms with E-state index in [1.54, 1.807) is 23.9 Å². The van der Waals surface area contributed by atoms with Gasteiger partial charge in [0.1, 0.15) is 0 Å². The van der Waals surface area contributed by atoms with Crippen LogP contribution < -0.4 is 10.9 Å². The van der Waals surface area contributed by atoms with E-state index in [1.807, 2.05) is 48.2 Å². The molecule has 8 nitrogen and oxygen atoms in total. The second-order valence-corrected chi connectivity index (χ2v) is 9.36.